The van der Waals surface area contributed by atoms with Crippen LogP contribution < -0.4 is 5.32 Å². The van der Waals surface area contributed by atoms with Crippen LogP contribution >= 0.6 is 0 Å². The highest BCUT2D eigenvalue weighted by molar-refractivity contribution is 5.96. The fraction of sp³-hybridized carbons (Fsp3) is 0.273. The van der Waals surface area contributed by atoms with E-state index in [4.69, 9.17) is 5.11 Å². The van der Waals surface area contributed by atoms with Crippen molar-refractivity contribution in [2.45, 2.75) is 12.6 Å². The lowest BCUT2D eigenvalue weighted by atomic mass is 10.1. The molecule has 2 N–H and O–H groups in total. The van der Waals surface area contributed by atoms with Gasteiger partial charge in [0.1, 0.15) is 5.82 Å². The highest BCUT2D eigenvalue weighted by atomic mass is 19.4. The van der Waals surface area contributed by atoms with E-state index in [0.717, 1.165) is 6.07 Å². The Labute approximate surface area is 105 Å². The summed E-state index contributed by atoms with van der Waals surface area (Å²) in [4.78, 5) is 21.7. The fourth-order valence-electron chi connectivity index (χ4n) is 1.33. The Morgan fingerprint density at radius 2 is 1.89 bits per heavy atom. The number of halogens is 4. The highest BCUT2D eigenvalue weighted by Gasteiger charge is 2.35. The Morgan fingerprint density at radius 3 is 2.42 bits per heavy atom. The van der Waals surface area contributed by atoms with Crippen molar-refractivity contribution in [1.29, 1.82) is 0 Å². The number of carboxylic acids is 1. The molecule has 0 aliphatic heterocycles. The zero-order valence-electron chi connectivity index (χ0n) is 9.42. The van der Waals surface area contributed by atoms with Gasteiger partial charge in [0.05, 0.1) is 17.5 Å². The number of carbonyl (C=O) groups excluding carboxylic acids is 1. The summed E-state index contributed by atoms with van der Waals surface area (Å²) in [5.74, 6) is -3.42. The number of hydrogen-bond acceptors (Lipinski definition) is 2. The third kappa shape index (κ3) is 4.23. The molecule has 0 unspecified atom stereocenters. The van der Waals surface area contributed by atoms with Gasteiger partial charge in [0.15, 0.2) is 0 Å². The molecule has 4 nitrogen and oxygen atoms in total. The van der Waals surface area contributed by atoms with Crippen LogP contribution in [0.2, 0.25) is 0 Å². The predicted octanol–water partition coefficient (Wildman–Crippen LogP) is 2.05. The summed E-state index contributed by atoms with van der Waals surface area (Å²) < 4.78 is 50.6. The van der Waals surface area contributed by atoms with Crippen LogP contribution in [0.25, 0.3) is 0 Å². The molecule has 0 bridgehead atoms. The van der Waals surface area contributed by atoms with Gasteiger partial charge in [-0.3, -0.25) is 9.59 Å². The van der Waals surface area contributed by atoms with E-state index in [1.807, 2.05) is 5.32 Å². The lowest BCUT2D eigenvalue weighted by Crippen LogP contribution is -2.28. The second-order valence-corrected chi connectivity index (χ2v) is 3.59. The summed E-state index contributed by atoms with van der Waals surface area (Å²) in [7, 11) is 0. The minimum Gasteiger partial charge on any atom is -0.481 e. The van der Waals surface area contributed by atoms with Crippen LogP contribution in [0.1, 0.15) is 22.3 Å². The Balaban J connectivity index is 2.93. The molecule has 8 heteroatoms. The van der Waals surface area contributed by atoms with Gasteiger partial charge in [0, 0.05) is 6.54 Å². The SMILES string of the molecule is O=C(O)CCNC(=O)c1ccc(F)cc1C(F)(F)F. The van der Waals surface area contributed by atoms with E-state index < -0.39 is 41.4 Å². The van der Waals surface area contributed by atoms with Gasteiger partial charge in [0.2, 0.25) is 0 Å². The van der Waals surface area contributed by atoms with Gasteiger partial charge in [-0.1, -0.05) is 0 Å². The van der Waals surface area contributed by atoms with Crippen molar-refractivity contribution in [3.8, 4) is 0 Å². The molecule has 0 atom stereocenters. The maximum absolute atomic E-state index is 12.8. The van der Waals surface area contributed by atoms with Crippen molar-refractivity contribution in [1.82, 2.24) is 5.32 Å². The normalized spacial score (nSPS) is 11.2. The van der Waals surface area contributed by atoms with Gasteiger partial charge in [0.25, 0.3) is 5.91 Å². The second-order valence-electron chi connectivity index (χ2n) is 3.59. The zero-order chi connectivity index (χ0) is 14.6. The Morgan fingerprint density at radius 1 is 1.26 bits per heavy atom. The molecule has 0 radical (unpaired) electrons. The first kappa shape index (κ1) is 14.9. The minimum absolute atomic E-state index is 0.214. The number of aliphatic carboxylic acids is 1. The molecule has 0 heterocycles. The van der Waals surface area contributed by atoms with E-state index >= 15 is 0 Å². The van der Waals surface area contributed by atoms with Crippen LogP contribution in [0.4, 0.5) is 17.6 Å². The number of carboxylic acid groups (broad SMARTS) is 1. The van der Waals surface area contributed by atoms with Crippen LogP contribution in [-0.2, 0) is 11.0 Å². The number of hydrogen-bond donors (Lipinski definition) is 2. The topological polar surface area (TPSA) is 66.4 Å². The van der Waals surface area contributed by atoms with Crippen molar-refractivity contribution >= 4 is 11.9 Å². The molecule has 1 rings (SSSR count). The van der Waals surface area contributed by atoms with Crippen LogP contribution in [0.3, 0.4) is 0 Å². The van der Waals surface area contributed by atoms with Gasteiger partial charge in [-0.05, 0) is 18.2 Å². The summed E-state index contributed by atoms with van der Waals surface area (Å²) in [6.45, 7) is -0.317. The molecule has 19 heavy (non-hydrogen) atoms. The summed E-state index contributed by atoms with van der Waals surface area (Å²) in [5, 5.41) is 10.4. The van der Waals surface area contributed by atoms with Gasteiger partial charge in [-0.2, -0.15) is 13.2 Å². The molecule has 0 saturated carbocycles. The molecule has 1 aromatic carbocycles. The van der Waals surface area contributed by atoms with Crippen LogP contribution in [0.5, 0.6) is 0 Å². The molecule has 0 aliphatic rings. The summed E-state index contributed by atoms with van der Waals surface area (Å²) >= 11 is 0. The Kier molecular flexibility index (Phi) is 4.47. The van der Waals surface area contributed by atoms with Crippen LogP contribution in [0, 0.1) is 5.82 Å². The largest absolute Gasteiger partial charge is 0.481 e. The lowest BCUT2D eigenvalue weighted by molar-refractivity contribution is -0.138. The zero-order valence-corrected chi connectivity index (χ0v) is 9.42. The molecular formula is C11H9F4NO3. The van der Waals surface area contributed by atoms with Crippen LogP contribution in [0.15, 0.2) is 18.2 Å². The van der Waals surface area contributed by atoms with Crippen molar-refractivity contribution in [2.24, 2.45) is 0 Å². The maximum atomic E-state index is 12.8. The summed E-state index contributed by atoms with van der Waals surface area (Å²) in [6, 6.07) is 1.64. The molecule has 0 aliphatic carbocycles. The van der Waals surface area contributed by atoms with Crippen molar-refractivity contribution in [3.05, 3.63) is 35.1 Å². The average molecular weight is 279 g/mol. The quantitative estimate of drug-likeness (QED) is 0.829. The Hall–Kier alpha value is -2.12. The molecular weight excluding hydrogens is 270 g/mol. The minimum atomic E-state index is -4.87. The number of carbonyl (C=O) groups is 2. The van der Waals surface area contributed by atoms with E-state index in [9.17, 15) is 27.2 Å². The van der Waals surface area contributed by atoms with Gasteiger partial charge < -0.3 is 10.4 Å². The molecule has 104 valence electrons. The number of alkyl halides is 3. The van der Waals surface area contributed by atoms with E-state index in [0.29, 0.717) is 6.07 Å². The van der Waals surface area contributed by atoms with Crippen LogP contribution in [-0.4, -0.2) is 23.5 Å². The maximum Gasteiger partial charge on any atom is 0.417 e. The summed E-state index contributed by atoms with van der Waals surface area (Å²) in [5.41, 5.74) is -2.15. The van der Waals surface area contributed by atoms with Gasteiger partial charge in [-0.15, -0.1) is 0 Å². The van der Waals surface area contributed by atoms with E-state index in [1.54, 1.807) is 0 Å². The molecule has 0 saturated heterocycles. The van der Waals surface area contributed by atoms with Gasteiger partial charge in [-0.25, -0.2) is 4.39 Å². The van der Waals surface area contributed by atoms with Crippen molar-refractivity contribution in [2.75, 3.05) is 6.54 Å². The number of amides is 1. The number of nitrogens with one attached hydrogen (secondary N) is 1. The third-order valence-electron chi connectivity index (χ3n) is 2.16. The highest BCUT2D eigenvalue weighted by Crippen LogP contribution is 2.32. The first-order chi connectivity index (χ1) is 8.71. The lowest BCUT2D eigenvalue weighted by Gasteiger charge is -2.12. The number of benzene rings is 1. The molecule has 1 aromatic rings. The molecule has 0 spiro atoms. The molecule has 1 amide bonds. The van der Waals surface area contributed by atoms with Gasteiger partial charge >= 0.3 is 12.1 Å². The number of rotatable bonds is 4. The molecule has 0 aromatic heterocycles. The van der Waals surface area contributed by atoms with E-state index in [2.05, 4.69) is 0 Å². The second kappa shape index (κ2) is 5.68. The standard InChI is InChI=1S/C11H9F4NO3/c12-6-1-2-7(8(5-6)11(13,14)15)10(19)16-4-3-9(17)18/h1-2,5H,3-4H2,(H,16,19)(H,17,18). The average Bonchev–Trinajstić information content (AvgIpc) is 2.27. The Bertz CT molecular complexity index is 499. The van der Waals surface area contributed by atoms with E-state index in [1.165, 1.54) is 0 Å². The van der Waals surface area contributed by atoms with Crippen molar-refractivity contribution < 1.29 is 32.3 Å². The monoisotopic (exact) mass is 279 g/mol. The first-order valence-electron chi connectivity index (χ1n) is 5.08. The predicted molar refractivity (Wildman–Crippen MR) is 56.0 cm³/mol. The first-order valence-corrected chi connectivity index (χ1v) is 5.08. The summed E-state index contributed by atoms with van der Waals surface area (Å²) in [6.07, 6.45) is -5.30. The van der Waals surface area contributed by atoms with E-state index in [-0.39, 0.29) is 12.6 Å². The van der Waals surface area contributed by atoms with Crippen molar-refractivity contribution in [3.63, 3.8) is 0 Å². The third-order valence-corrected chi connectivity index (χ3v) is 2.16. The molecule has 0 fully saturated rings. The smallest absolute Gasteiger partial charge is 0.417 e. The fourth-order valence-corrected chi connectivity index (χ4v) is 1.33.